The van der Waals surface area contributed by atoms with E-state index in [2.05, 4.69) is 20.5 Å². The zero-order valence-corrected chi connectivity index (χ0v) is 18.3. The molecule has 7 heteroatoms. The molecule has 0 unspecified atom stereocenters. The monoisotopic (exact) mass is 468 g/mol. The van der Waals surface area contributed by atoms with E-state index in [4.69, 9.17) is 4.74 Å². The number of halogens is 1. The highest BCUT2D eigenvalue weighted by Crippen LogP contribution is 2.07. The molecule has 25 heavy (non-hydrogen) atoms. The number of carbonyl (C=O) groups excluding carboxylic acids is 1. The molecule has 1 heterocycles. The Kier molecular flexibility index (Phi) is 16.5. The van der Waals surface area contributed by atoms with Crippen molar-refractivity contribution in [2.24, 2.45) is 4.99 Å². The molecule has 6 nitrogen and oxygen atoms in total. The van der Waals surface area contributed by atoms with Crippen molar-refractivity contribution in [3.8, 4) is 0 Å². The van der Waals surface area contributed by atoms with Gasteiger partial charge in [0.1, 0.15) is 0 Å². The highest BCUT2D eigenvalue weighted by atomic mass is 127. The maximum absolute atomic E-state index is 11.2. The molecule has 1 aliphatic rings. The lowest BCUT2D eigenvalue weighted by Gasteiger charge is -2.26. The number of likely N-dealkylation sites (tertiary alicyclic amines) is 1. The maximum atomic E-state index is 11.2. The molecule has 1 saturated heterocycles. The molecule has 0 aliphatic carbocycles. The van der Waals surface area contributed by atoms with Gasteiger partial charge in [-0.2, -0.15) is 0 Å². The Morgan fingerprint density at radius 1 is 1.04 bits per heavy atom. The van der Waals surface area contributed by atoms with Gasteiger partial charge in [0.05, 0.1) is 6.61 Å². The van der Waals surface area contributed by atoms with Crippen LogP contribution in [0.1, 0.15) is 58.3 Å². The number of hydrogen-bond donors (Lipinski definition) is 2. The predicted octanol–water partition coefficient (Wildman–Crippen LogP) is 2.77. The fraction of sp³-hybridized carbons (Fsp3) is 0.889. The number of rotatable bonds is 11. The number of piperidine rings is 1. The highest BCUT2D eigenvalue weighted by Gasteiger charge is 2.09. The van der Waals surface area contributed by atoms with E-state index in [-0.39, 0.29) is 29.9 Å². The van der Waals surface area contributed by atoms with Gasteiger partial charge in [0.25, 0.3) is 0 Å². The van der Waals surface area contributed by atoms with E-state index in [0.717, 1.165) is 51.3 Å². The molecule has 0 saturated carbocycles. The number of hydrogen-bond acceptors (Lipinski definition) is 4. The van der Waals surface area contributed by atoms with Gasteiger partial charge in [-0.3, -0.25) is 9.79 Å². The Bertz CT molecular complexity index is 361. The Morgan fingerprint density at radius 3 is 2.40 bits per heavy atom. The summed E-state index contributed by atoms with van der Waals surface area (Å²) in [6.45, 7) is 7.75. The van der Waals surface area contributed by atoms with Crippen LogP contribution < -0.4 is 10.6 Å². The molecule has 0 spiro atoms. The van der Waals surface area contributed by atoms with Crippen molar-refractivity contribution in [2.75, 3.05) is 46.4 Å². The molecule has 1 aliphatic heterocycles. The van der Waals surface area contributed by atoms with Gasteiger partial charge in [0, 0.05) is 33.1 Å². The van der Waals surface area contributed by atoms with Crippen LogP contribution in [-0.2, 0) is 9.53 Å². The zero-order valence-electron chi connectivity index (χ0n) is 16.0. The summed E-state index contributed by atoms with van der Waals surface area (Å²) in [4.78, 5) is 18.0. The molecule has 0 atom stereocenters. The van der Waals surface area contributed by atoms with Crippen LogP contribution >= 0.6 is 24.0 Å². The molecule has 0 amide bonds. The van der Waals surface area contributed by atoms with E-state index < -0.39 is 0 Å². The minimum atomic E-state index is -0.0751. The topological polar surface area (TPSA) is 66.0 Å². The first-order valence-electron chi connectivity index (χ1n) is 9.58. The van der Waals surface area contributed by atoms with Crippen LogP contribution in [0.3, 0.4) is 0 Å². The van der Waals surface area contributed by atoms with E-state index in [1.54, 1.807) is 0 Å². The molecule has 2 N–H and O–H groups in total. The molecule has 0 bridgehead atoms. The summed E-state index contributed by atoms with van der Waals surface area (Å²) in [6, 6.07) is 0. The van der Waals surface area contributed by atoms with Gasteiger partial charge in [0.2, 0.25) is 0 Å². The van der Waals surface area contributed by atoms with Crippen LogP contribution in [0.5, 0.6) is 0 Å². The third-order valence-corrected chi connectivity index (χ3v) is 4.30. The normalized spacial score (nSPS) is 15.4. The predicted molar refractivity (Wildman–Crippen MR) is 115 cm³/mol. The number of ether oxygens (including phenoxy) is 1. The summed E-state index contributed by atoms with van der Waals surface area (Å²) in [6.07, 6.45) is 8.80. The average molecular weight is 468 g/mol. The molecule has 0 radical (unpaired) electrons. The van der Waals surface area contributed by atoms with Crippen LogP contribution in [0.15, 0.2) is 4.99 Å². The summed E-state index contributed by atoms with van der Waals surface area (Å²) >= 11 is 0. The third-order valence-electron chi connectivity index (χ3n) is 4.30. The quantitative estimate of drug-likeness (QED) is 0.161. The molecule has 1 fully saturated rings. The Labute approximate surface area is 170 Å². The lowest BCUT2D eigenvalue weighted by Crippen LogP contribution is -2.42. The number of aliphatic imine (C=N–C) groups is 1. The van der Waals surface area contributed by atoms with Crippen LogP contribution in [0.4, 0.5) is 0 Å². The highest BCUT2D eigenvalue weighted by molar-refractivity contribution is 14.0. The second-order valence-corrected chi connectivity index (χ2v) is 6.30. The van der Waals surface area contributed by atoms with Crippen LogP contribution in [-0.4, -0.2) is 63.2 Å². The van der Waals surface area contributed by atoms with Gasteiger partial charge < -0.3 is 20.3 Å². The lowest BCUT2D eigenvalue weighted by molar-refractivity contribution is -0.143. The molecule has 0 aromatic rings. The second kappa shape index (κ2) is 16.9. The zero-order chi connectivity index (χ0) is 17.5. The van der Waals surface area contributed by atoms with E-state index in [0.29, 0.717) is 13.0 Å². The first-order chi connectivity index (χ1) is 11.8. The molecular weight excluding hydrogens is 431 g/mol. The van der Waals surface area contributed by atoms with Crippen molar-refractivity contribution in [1.29, 1.82) is 0 Å². The van der Waals surface area contributed by atoms with E-state index in [1.165, 1.54) is 32.4 Å². The van der Waals surface area contributed by atoms with Gasteiger partial charge in [-0.05, 0) is 45.7 Å². The average Bonchev–Trinajstić information content (AvgIpc) is 2.60. The van der Waals surface area contributed by atoms with Crippen LogP contribution in [0, 0.1) is 0 Å². The number of nitrogens with one attached hydrogen (secondary N) is 2. The number of carbonyl (C=O) groups is 1. The molecule has 148 valence electrons. The summed E-state index contributed by atoms with van der Waals surface area (Å²) in [5.41, 5.74) is 0. The van der Waals surface area contributed by atoms with Gasteiger partial charge >= 0.3 is 5.97 Å². The summed E-state index contributed by atoms with van der Waals surface area (Å²) in [5.74, 6) is 0.812. The van der Waals surface area contributed by atoms with Crippen LogP contribution in [0.25, 0.3) is 0 Å². The number of guanidine groups is 1. The SMILES string of the molecule is CCOC(=O)CCCCCCNC(=NC)NCCN1CCCCC1.I. The number of unbranched alkanes of at least 4 members (excludes halogenated alkanes) is 3. The first-order valence-corrected chi connectivity index (χ1v) is 9.58. The van der Waals surface area contributed by atoms with E-state index in [9.17, 15) is 4.79 Å². The van der Waals surface area contributed by atoms with Crippen LogP contribution in [0.2, 0.25) is 0 Å². The minimum absolute atomic E-state index is 0. The first kappa shape index (κ1) is 24.4. The van der Waals surface area contributed by atoms with Crippen molar-refractivity contribution in [1.82, 2.24) is 15.5 Å². The number of esters is 1. The Morgan fingerprint density at radius 2 is 1.72 bits per heavy atom. The minimum Gasteiger partial charge on any atom is -0.466 e. The van der Waals surface area contributed by atoms with E-state index in [1.807, 2.05) is 14.0 Å². The van der Waals surface area contributed by atoms with Gasteiger partial charge in [-0.1, -0.05) is 19.3 Å². The fourth-order valence-electron chi connectivity index (χ4n) is 2.92. The Balaban J connectivity index is 0.00000576. The van der Waals surface area contributed by atoms with Gasteiger partial charge in [-0.15, -0.1) is 24.0 Å². The molecular formula is C18H37IN4O2. The molecule has 1 rings (SSSR count). The fourth-order valence-corrected chi connectivity index (χ4v) is 2.92. The standard InChI is InChI=1S/C18H36N4O2.HI/c1-3-24-17(23)11-7-4-5-8-12-20-18(19-2)21-13-16-22-14-9-6-10-15-22;/h3-16H2,1-2H3,(H2,19,20,21);1H. The summed E-state index contributed by atoms with van der Waals surface area (Å²) < 4.78 is 4.92. The van der Waals surface area contributed by atoms with Crippen molar-refractivity contribution in [2.45, 2.75) is 58.3 Å². The van der Waals surface area contributed by atoms with Crippen molar-refractivity contribution in [3.63, 3.8) is 0 Å². The van der Waals surface area contributed by atoms with Gasteiger partial charge in [-0.25, -0.2) is 0 Å². The lowest BCUT2D eigenvalue weighted by atomic mass is 10.1. The second-order valence-electron chi connectivity index (χ2n) is 6.30. The smallest absolute Gasteiger partial charge is 0.305 e. The summed E-state index contributed by atoms with van der Waals surface area (Å²) in [5, 5.41) is 6.74. The molecule has 0 aromatic carbocycles. The molecule has 0 aromatic heterocycles. The van der Waals surface area contributed by atoms with E-state index >= 15 is 0 Å². The summed E-state index contributed by atoms with van der Waals surface area (Å²) in [7, 11) is 1.82. The van der Waals surface area contributed by atoms with Crippen molar-refractivity contribution >= 4 is 35.9 Å². The third kappa shape index (κ3) is 13.3. The Hall–Kier alpha value is -0.570. The van der Waals surface area contributed by atoms with Crippen molar-refractivity contribution in [3.05, 3.63) is 0 Å². The largest absolute Gasteiger partial charge is 0.466 e. The number of nitrogens with zero attached hydrogens (tertiary/aromatic N) is 2. The maximum Gasteiger partial charge on any atom is 0.305 e. The van der Waals surface area contributed by atoms with Gasteiger partial charge in [0.15, 0.2) is 5.96 Å². The van der Waals surface area contributed by atoms with Crippen molar-refractivity contribution < 1.29 is 9.53 Å².